The molecule has 1 saturated carbocycles. The van der Waals surface area contributed by atoms with E-state index >= 15 is 0 Å². The van der Waals surface area contributed by atoms with Gasteiger partial charge < -0.3 is 15.3 Å². The Bertz CT molecular complexity index is 309. The van der Waals surface area contributed by atoms with E-state index < -0.39 is 0 Å². The van der Waals surface area contributed by atoms with Crippen molar-refractivity contribution in [2.24, 2.45) is 11.8 Å². The number of aliphatic hydroxyl groups excluding tert-OH is 1. The predicted octanol–water partition coefficient (Wildman–Crippen LogP) is 0.748. The lowest BCUT2D eigenvalue weighted by molar-refractivity contribution is -0.141. The Morgan fingerprint density at radius 3 is 2.61 bits per heavy atom. The van der Waals surface area contributed by atoms with Gasteiger partial charge in [0, 0.05) is 25.0 Å². The van der Waals surface area contributed by atoms with Gasteiger partial charge in [0.15, 0.2) is 0 Å². The number of rotatable bonds is 1. The predicted molar refractivity (Wildman–Crippen MR) is 69.1 cm³/mol. The molecule has 4 aliphatic rings. The molecule has 0 aromatic carbocycles. The summed E-state index contributed by atoms with van der Waals surface area (Å²) in [5, 5.41) is 13.0. The van der Waals surface area contributed by atoms with Gasteiger partial charge in [-0.3, -0.25) is 4.79 Å². The Labute approximate surface area is 109 Å². The Hall–Kier alpha value is -0.610. The normalized spacial score (nSPS) is 40.6. The highest BCUT2D eigenvalue weighted by Gasteiger charge is 2.37. The van der Waals surface area contributed by atoms with Crippen molar-refractivity contribution in [3.63, 3.8) is 0 Å². The van der Waals surface area contributed by atoms with E-state index in [1.165, 1.54) is 12.8 Å². The van der Waals surface area contributed by atoms with Crippen molar-refractivity contribution in [3.8, 4) is 0 Å². The Balaban J connectivity index is 1.65. The van der Waals surface area contributed by atoms with Crippen molar-refractivity contribution in [2.75, 3.05) is 19.6 Å². The van der Waals surface area contributed by atoms with E-state index in [4.69, 9.17) is 0 Å². The second-order valence-corrected chi connectivity index (χ2v) is 6.25. The van der Waals surface area contributed by atoms with Crippen LogP contribution in [-0.4, -0.2) is 47.7 Å². The molecule has 4 nitrogen and oxygen atoms in total. The van der Waals surface area contributed by atoms with E-state index in [-0.39, 0.29) is 12.0 Å². The topological polar surface area (TPSA) is 52.6 Å². The van der Waals surface area contributed by atoms with E-state index in [1.54, 1.807) is 0 Å². The van der Waals surface area contributed by atoms with E-state index in [2.05, 4.69) is 10.2 Å². The van der Waals surface area contributed by atoms with Crippen LogP contribution in [0.2, 0.25) is 0 Å². The lowest BCUT2D eigenvalue weighted by Crippen LogP contribution is -2.50. The maximum Gasteiger partial charge on any atom is 0.225 e. The van der Waals surface area contributed by atoms with Crippen molar-refractivity contribution in [2.45, 2.75) is 50.7 Å². The molecule has 2 N–H and O–H groups in total. The van der Waals surface area contributed by atoms with E-state index in [0.717, 1.165) is 45.3 Å². The number of hydrogen-bond acceptors (Lipinski definition) is 3. The lowest BCUT2D eigenvalue weighted by Gasteiger charge is -2.39. The molecule has 3 saturated heterocycles. The smallest absolute Gasteiger partial charge is 0.225 e. The molecular formula is C14H24N2O2. The number of hydrogen-bond donors (Lipinski definition) is 2. The summed E-state index contributed by atoms with van der Waals surface area (Å²) in [4.78, 5) is 14.8. The largest absolute Gasteiger partial charge is 0.393 e. The average molecular weight is 252 g/mol. The zero-order valence-corrected chi connectivity index (χ0v) is 11.0. The molecule has 0 unspecified atom stereocenters. The fraction of sp³-hybridized carbons (Fsp3) is 0.929. The van der Waals surface area contributed by atoms with E-state index in [0.29, 0.717) is 17.9 Å². The van der Waals surface area contributed by atoms with Crippen LogP contribution in [0.15, 0.2) is 0 Å². The Morgan fingerprint density at radius 2 is 1.83 bits per heavy atom. The maximum atomic E-state index is 12.6. The van der Waals surface area contributed by atoms with Gasteiger partial charge in [-0.1, -0.05) is 0 Å². The van der Waals surface area contributed by atoms with Gasteiger partial charge in [-0.2, -0.15) is 0 Å². The molecule has 1 amide bonds. The molecule has 2 atom stereocenters. The fourth-order valence-corrected chi connectivity index (χ4v) is 3.76. The third kappa shape index (κ3) is 2.41. The van der Waals surface area contributed by atoms with Gasteiger partial charge in [-0.25, -0.2) is 0 Å². The number of nitrogens with one attached hydrogen (secondary N) is 1. The molecule has 4 rings (SSSR count). The average Bonchev–Trinajstić information content (AvgIpc) is 2.74. The van der Waals surface area contributed by atoms with Gasteiger partial charge in [-0.05, 0) is 51.0 Å². The highest BCUT2D eigenvalue weighted by atomic mass is 16.3. The summed E-state index contributed by atoms with van der Waals surface area (Å²) >= 11 is 0. The molecule has 2 bridgehead atoms. The highest BCUT2D eigenvalue weighted by Crippen LogP contribution is 2.30. The summed E-state index contributed by atoms with van der Waals surface area (Å²) in [5.41, 5.74) is 0. The third-order valence-electron chi connectivity index (χ3n) is 4.95. The standard InChI is InChI=1S/C14H24N2O2/c17-13-5-2-11(3-6-13)14(18)16-9-10-1-4-12(16)8-15-7-10/h10-13,15,17H,1-9H2/t10-,11?,12+,13?/m1/s1. The van der Waals surface area contributed by atoms with Crippen LogP contribution >= 0.6 is 0 Å². The Kier molecular flexibility index (Phi) is 3.57. The van der Waals surface area contributed by atoms with Crippen molar-refractivity contribution in [3.05, 3.63) is 0 Å². The van der Waals surface area contributed by atoms with Crippen molar-refractivity contribution >= 4 is 5.91 Å². The van der Waals surface area contributed by atoms with Crippen LogP contribution in [0.4, 0.5) is 0 Å². The second-order valence-electron chi connectivity index (χ2n) is 6.25. The number of fused-ring (bicyclic) bond motifs is 4. The molecule has 3 heterocycles. The van der Waals surface area contributed by atoms with Crippen LogP contribution in [0.1, 0.15) is 38.5 Å². The molecule has 0 spiro atoms. The van der Waals surface area contributed by atoms with Crippen molar-refractivity contribution in [1.29, 1.82) is 0 Å². The third-order valence-corrected chi connectivity index (χ3v) is 4.95. The summed E-state index contributed by atoms with van der Waals surface area (Å²) in [7, 11) is 0. The molecule has 0 aromatic rings. The zero-order valence-electron chi connectivity index (χ0n) is 11.0. The summed E-state index contributed by atoms with van der Waals surface area (Å²) in [6, 6.07) is 0.420. The molecule has 4 heteroatoms. The van der Waals surface area contributed by atoms with Gasteiger partial charge >= 0.3 is 0 Å². The van der Waals surface area contributed by atoms with Gasteiger partial charge in [0.2, 0.25) is 5.91 Å². The highest BCUT2D eigenvalue weighted by molar-refractivity contribution is 5.79. The van der Waals surface area contributed by atoms with Crippen LogP contribution < -0.4 is 5.32 Å². The minimum absolute atomic E-state index is 0.170. The number of carbonyl (C=O) groups is 1. The molecule has 18 heavy (non-hydrogen) atoms. The quantitative estimate of drug-likeness (QED) is 0.724. The monoisotopic (exact) mass is 252 g/mol. The van der Waals surface area contributed by atoms with Gasteiger partial charge in [-0.15, -0.1) is 0 Å². The van der Waals surface area contributed by atoms with Gasteiger partial charge in [0.1, 0.15) is 0 Å². The van der Waals surface area contributed by atoms with Crippen molar-refractivity contribution < 1.29 is 9.90 Å². The minimum Gasteiger partial charge on any atom is -0.393 e. The van der Waals surface area contributed by atoms with Gasteiger partial charge in [0.05, 0.1) is 6.10 Å². The van der Waals surface area contributed by atoms with Crippen molar-refractivity contribution in [1.82, 2.24) is 10.2 Å². The summed E-state index contributed by atoms with van der Waals surface area (Å²) in [6.45, 7) is 3.00. The summed E-state index contributed by atoms with van der Waals surface area (Å²) < 4.78 is 0. The number of piperidine rings is 1. The fourth-order valence-electron chi connectivity index (χ4n) is 3.76. The van der Waals surface area contributed by atoms with Crippen LogP contribution in [0.3, 0.4) is 0 Å². The first-order valence-electron chi connectivity index (χ1n) is 7.43. The molecule has 0 radical (unpaired) electrons. The van der Waals surface area contributed by atoms with Crippen LogP contribution in [0.25, 0.3) is 0 Å². The number of aliphatic hydroxyl groups is 1. The number of carbonyl (C=O) groups excluding carboxylic acids is 1. The molecule has 4 fully saturated rings. The van der Waals surface area contributed by atoms with Crippen LogP contribution in [0.5, 0.6) is 0 Å². The van der Waals surface area contributed by atoms with Gasteiger partial charge in [0.25, 0.3) is 0 Å². The SMILES string of the molecule is O=C(C1CCC(O)CC1)N1C[C@@H]2CC[C@H]1CNC2. The zero-order chi connectivity index (χ0) is 12.5. The number of amides is 1. The molecule has 102 valence electrons. The molecular weight excluding hydrogens is 228 g/mol. The first-order valence-corrected chi connectivity index (χ1v) is 7.43. The molecule has 3 aliphatic heterocycles. The molecule has 0 aromatic heterocycles. The second kappa shape index (κ2) is 5.17. The summed E-state index contributed by atoms with van der Waals surface area (Å²) in [6.07, 6.45) is 5.62. The maximum absolute atomic E-state index is 12.6. The van der Waals surface area contributed by atoms with E-state index in [9.17, 15) is 9.90 Å². The summed E-state index contributed by atoms with van der Waals surface area (Å²) in [5.74, 6) is 1.19. The molecule has 1 aliphatic carbocycles. The lowest BCUT2D eigenvalue weighted by atomic mass is 9.85. The first kappa shape index (κ1) is 12.4. The minimum atomic E-state index is -0.170. The van der Waals surface area contributed by atoms with Crippen LogP contribution in [0, 0.1) is 11.8 Å². The Morgan fingerprint density at radius 1 is 1.06 bits per heavy atom. The van der Waals surface area contributed by atoms with E-state index in [1.807, 2.05) is 0 Å². The van der Waals surface area contributed by atoms with Crippen LogP contribution in [-0.2, 0) is 4.79 Å². The number of nitrogens with zero attached hydrogens (tertiary/aromatic N) is 1. The first-order chi connectivity index (χ1) is 8.74.